The number of hydrogen-bond donors (Lipinski definition) is 2. The summed E-state index contributed by atoms with van der Waals surface area (Å²) in [6.07, 6.45) is 5.32. The van der Waals surface area contributed by atoms with Crippen LogP contribution in [0.15, 0.2) is 47.3 Å². The number of thiocarbonyl (C=S) groups is 1. The Morgan fingerprint density at radius 1 is 1.23 bits per heavy atom. The van der Waals surface area contributed by atoms with Crippen molar-refractivity contribution in [3.63, 3.8) is 0 Å². The Bertz CT molecular complexity index is 889. The Labute approximate surface area is 164 Å². The summed E-state index contributed by atoms with van der Waals surface area (Å²) < 4.78 is 17.6. The molecule has 0 spiro atoms. The van der Waals surface area contributed by atoms with Crippen molar-refractivity contribution >= 4 is 38.9 Å². The molecule has 0 unspecified atom stereocenters. The second-order valence-corrected chi connectivity index (χ2v) is 6.88. The van der Waals surface area contributed by atoms with Gasteiger partial charge in [0.05, 0.1) is 41.3 Å². The first-order valence-electron chi connectivity index (χ1n) is 8.07. The molecule has 1 aromatic carbocycles. The number of nitrogens with one attached hydrogen (secondary N) is 2. The lowest BCUT2D eigenvalue weighted by Crippen LogP contribution is -2.29. The molecular formula is C17H18BrFN6S. The quantitative estimate of drug-likeness (QED) is 0.578. The number of rotatable bonds is 6. The first-order valence-corrected chi connectivity index (χ1v) is 9.27. The fourth-order valence-electron chi connectivity index (χ4n) is 2.47. The number of halogens is 2. The van der Waals surface area contributed by atoms with Crippen LogP contribution in [0.1, 0.15) is 18.2 Å². The molecule has 9 heteroatoms. The predicted octanol–water partition coefficient (Wildman–Crippen LogP) is 3.54. The Morgan fingerprint density at radius 2 is 2.00 bits per heavy atom. The van der Waals surface area contributed by atoms with Gasteiger partial charge in [0.2, 0.25) is 0 Å². The van der Waals surface area contributed by atoms with Crippen molar-refractivity contribution in [2.24, 2.45) is 0 Å². The molecule has 0 saturated heterocycles. The molecule has 0 fully saturated rings. The van der Waals surface area contributed by atoms with Crippen molar-refractivity contribution in [3.05, 3.63) is 64.4 Å². The molecule has 0 saturated carbocycles. The lowest BCUT2D eigenvalue weighted by molar-refractivity contribution is 0.613. The Balaban J connectivity index is 1.54. The molecule has 0 amide bonds. The van der Waals surface area contributed by atoms with Crippen LogP contribution in [0, 0.1) is 5.82 Å². The lowest BCUT2D eigenvalue weighted by atomic mass is 10.2. The van der Waals surface area contributed by atoms with Gasteiger partial charge in [-0.2, -0.15) is 10.2 Å². The van der Waals surface area contributed by atoms with E-state index in [1.807, 2.05) is 17.8 Å². The maximum atomic E-state index is 13.0. The van der Waals surface area contributed by atoms with E-state index in [1.54, 1.807) is 29.2 Å². The predicted molar refractivity (Wildman–Crippen MR) is 106 cm³/mol. The molecule has 2 heterocycles. The first kappa shape index (κ1) is 18.5. The maximum absolute atomic E-state index is 13.0. The molecule has 2 aromatic heterocycles. The highest BCUT2D eigenvalue weighted by atomic mass is 79.9. The molecule has 0 aliphatic heterocycles. The summed E-state index contributed by atoms with van der Waals surface area (Å²) >= 11 is 8.83. The molecule has 0 radical (unpaired) electrons. The van der Waals surface area contributed by atoms with E-state index in [-0.39, 0.29) is 5.82 Å². The van der Waals surface area contributed by atoms with Crippen LogP contribution in [0.5, 0.6) is 0 Å². The van der Waals surface area contributed by atoms with E-state index in [1.165, 1.54) is 12.1 Å². The van der Waals surface area contributed by atoms with Crippen LogP contribution < -0.4 is 10.6 Å². The lowest BCUT2D eigenvalue weighted by Gasteiger charge is -2.10. The third-order valence-electron chi connectivity index (χ3n) is 3.76. The Morgan fingerprint density at radius 3 is 2.73 bits per heavy atom. The van der Waals surface area contributed by atoms with Crippen molar-refractivity contribution in [1.82, 2.24) is 24.9 Å². The summed E-state index contributed by atoms with van der Waals surface area (Å²) in [5.41, 5.74) is 2.79. The molecule has 0 aliphatic rings. The zero-order valence-electron chi connectivity index (χ0n) is 14.1. The standard InChI is InChI=1S/C17H18BrFN6S/c1-2-25-16(15(18)8-22-25)9-20-17(26)23-14-7-21-24(11-14)10-12-3-5-13(19)6-4-12/h3-8,11H,2,9-10H2,1H3,(H2,20,23,26). The average molecular weight is 437 g/mol. The van der Waals surface area contributed by atoms with Gasteiger partial charge < -0.3 is 10.6 Å². The largest absolute Gasteiger partial charge is 0.357 e. The van der Waals surface area contributed by atoms with Crippen LogP contribution in [-0.2, 0) is 19.6 Å². The highest BCUT2D eigenvalue weighted by Gasteiger charge is 2.08. The number of nitrogens with zero attached hydrogens (tertiary/aromatic N) is 4. The van der Waals surface area contributed by atoms with Crippen LogP contribution in [0.25, 0.3) is 0 Å². The molecule has 0 bridgehead atoms. The van der Waals surface area contributed by atoms with E-state index in [0.717, 1.165) is 28.0 Å². The van der Waals surface area contributed by atoms with Crippen LogP contribution in [0.3, 0.4) is 0 Å². The van der Waals surface area contributed by atoms with Crippen molar-refractivity contribution in [2.75, 3.05) is 5.32 Å². The van der Waals surface area contributed by atoms with Crippen LogP contribution in [-0.4, -0.2) is 24.7 Å². The summed E-state index contributed by atoms with van der Waals surface area (Å²) in [5.74, 6) is -0.246. The highest BCUT2D eigenvalue weighted by molar-refractivity contribution is 9.10. The van der Waals surface area contributed by atoms with Gasteiger partial charge in [0, 0.05) is 12.7 Å². The van der Waals surface area contributed by atoms with Crippen LogP contribution >= 0.6 is 28.1 Å². The topological polar surface area (TPSA) is 59.7 Å². The molecule has 26 heavy (non-hydrogen) atoms. The van der Waals surface area contributed by atoms with E-state index in [9.17, 15) is 4.39 Å². The summed E-state index contributed by atoms with van der Waals surface area (Å²) in [6.45, 7) is 3.95. The van der Waals surface area contributed by atoms with Gasteiger partial charge in [0.25, 0.3) is 0 Å². The Hall–Kier alpha value is -2.26. The van der Waals surface area contributed by atoms with Crippen molar-refractivity contribution in [3.8, 4) is 0 Å². The van der Waals surface area contributed by atoms with Crippen molar-refractivity contribution in [1.29, 1.82) is 0 Å². The van der Waals surface area contributed by atoms with E-state index >= 15 is 0 Å². The Kier molecular flexibility index (Phi) is 6.00. The van der Waals surface area contributed by atoms with E-state index < -0.39 is 0 Å². The third-order valence-corrected chi connectivity index (χ3v) is 4.67. The summed E-state index contributed by atoms with van der Waals surface area (Å²) in [4.78, 5) is 0. The normalized spacial score (nSPS) is 10.7. The summed E-state index contributed by atoms with van der Waals surface area (Å²) in [7, 11) is 0. The molecule has 6 nitrogen and oxygen atoms in total. The zero-order valence-corrected chi connectivity index (χ0v) is 16.5. The zero-order chi connectivity index (χ0) is 18.5. The van der Waals surface area contributed by atoms with Gasteiger partial charge >= 0.3 is 0 Å². The minimum Gasteiger partial charge on any atom is -0.357 e. The van der Waals surface area contributed by atoms with Gasteiger partial charge in [-0.05, 0) is 52.8 Å². The van der Waals surface area contributed by atoms with E-state index in [2.05, 4.69) is 36.8 Å². The fourth-order valence-corrected chi connectivity index (χ4v) is 3.09. The summed E-state index contributed by atoms with van der Waals surface area (Å²) in [5, 5.41) is 15.3. The maximum Gasteiger partial charge on any atom is 0.171 e. The van der Waals surface area contributed by atoms with Crippen LogP contribution in [0.4, 0.5) is 10.1 Å². The van der Waals surface area contributed by atoms with Gasteiger partial charge in [-0.3, -0.25) is 9.36 Å². The number of aryl methyl sites for hydroxylation is 1. The van der Waals surface area contributed by atoms with Gasteiger partial charge in [0.1, 0.15) is 5.82 Å². The van der Waals surface area contributed by atoms with Crippen molar-refractivity contribution in [2.45, 2.75) is 26.6 Å². The molecule has 3 rings (SSSR count). The van der Waals surface area contributed by atoms with Gasteiger partial charge in [-0.25, -0.2) is 4.39 Å². The average Bonchev–Trinajstić information content (AvgIpc) is 3.21. The number of benzene rings is 1. The van der Waals surface area contributed by atoms with Gasteiger partial charge in [-0.15, -0.1) is 0 Å². The van der Waals surface area contributed by atoms with E-state index in [0.29, 0.717) is 18.2 Å². The minimum atomic E-state index is -0.246. The second kappa shape index (κ2) is 8.41. The fraction of sp³-hybridized carbons (Fsp3) is 0.235. The molecule has 2 N–H and O–H groups in total. The summed E-state index contributed by atoms with van der Waals surface area (Å²) in [6, 6.07) is 6.36. The monoisotopic (exact) mass is 436 g/mol. The van der Waals surface area contributed by atoms with Gasteiger partial charge in [0.15, 0.2) is 5.11 Å². The molecule has 0 atom stereocenters. The molecule has 3 aromatic rings. The smallest absolute Gasteiger partial charge is 0.171 e. The molecule has 0 aliphatic carbocycles. The molecular weight excluding hydrogens is 419 g/mol. The second-order valence-electron chi connectivity index (χ2n) is 5.62. The number of aromatic nitrogens is 4. The van der Waals surface area contributed by atoms with Crippen LogP contribution in [0.2, 0.25) is 0 Å². The van der Waals surface area contributed by atoms with Gasteiger partial charge in [-0.1, -0.05) is 12.1 Å². The number of hydrogen-bond acceptors (Lipinski definition) is 3. The first-order chi connectivity index (χ1) is 12.5. The van der Waals surface area contributed by atoms with E-state index in [4.69, 9.17) is 12.2 Å². The highest BCUT2D eigenvalue weighted by Crippen LogP contribution is 2.16. The third kappa shape index (κ3) is 4.67. The number of anilines is 1. The SMILES string of the molecule is CCn1ncc(Br)c1CNC(=S)Nc1cnn(Cc2ccc(F)cc2)c1. The van der Waals surface area contributed by atoms with Crippen molar-refractivity contribution < 1.29 is 4.39 Å². The molecule has 136 valence electrons. The minimum absolute atomic E-state index is 0.246.